The van der Waals surface area contributed by atoms with Crippen molar-refractivity contribution < 1.29 is 19.1 Å². The predicted octanol–water partition coefficient (Wildman–Crippen LogP) is 1.53. The molecule has 0 spiro atoms. The van der Waals surface area contributed by atoms with Gasteiger partial charge in [0.05, 0.1) is 12.0 Å². The van der Waals surface area contributed by atoms with Gasteiger partial charge in [0.25, 0.3) is 0 Å². The first-order valence-electron chi connectivity index (χ1n) is 7.09. The second kappa shape index (κ2) is 6.43. The van der Waals surface area contributed by atoms with Crippen LogP contribution < -0.4 is 5.73 Å². The summed E-state index contributed by atoms with van der Waals surface area (Å²) in [6.07, 6.45) is 0.955. The van der Waals surface area contributed by atoms with E-state index in [1.54, 1.807) is 11.8 Å². The summed E-state index contributed by atoms with van der Waals surface area (Å²) in [5.74, 6) is -0.323. The zero-order valence-corrected chi connectivity index (χ0v) is 12.9. The van der Waals surface area contributed by atoms with Crippen molar-refractivity contribution in [1.29, 1.82) is 0 Å². The number of nitrogens with zero attached hydrogens (tertiary/aromatic N) is 1. The Morgan fingerprint density at radius 3 is 2.50 bits per heavy atom. The minimum absolute atomic E-state index is 0.172. The van der Waals surface area contributed by atoms with E-state index in [-0.39, 0.29) is 19.1 Å². The number of nitrogens with two attached hydrogens (primary N) is 1. The molecule has 0 aromatic heterocycles. The van der Waals surface area contributed by atoms with E-state index in [0.717, 1.165) is 6.42 Å². The van der Waals surface area contributed by atoms with Crippen LogP contribution in [0.15, 0.2) is 0 Å². The molecule has 2 N–H and O–H groups in total. The van der Waals surface area contributed by atoms with Gasteiger partial charge in [-0.1, -0.05) is 0 Å². The molecule has 1 saturated heterocycles. The number of amides is 1. The Balaban J connectivity index is 2.78. The van der Waals surface area contributed by atoms with Crippen molar-refractivity contribution in [3.05, 3.63) is 0 Å². The molecule has 0 saturated carbocycles. The number of carbonyl (C=O) groups excluding carboxylic acids is 2. The molecule has 1 heterocycles. The lowest BCUT2D eigenvalue weighted by molar-refractivity contribution is -0.158. The van der Waals surface area contributed by atoms with Crippen molar-refractivity contribution in [2.45, 2.75) is 46.1 Å². The Bertz CT molecular complexity index is 365. The highest BCUT2D eigenvalue weighted by molar-refractivity contribution is 5.79. The molecule has 6 heteroatoms. The Labute approximate surface area is 120 Å². The highest BCUT2D eigenvalue weighted by Gasteiger charge is 2.44. The number of ether oxygens (including phenoxy) is 2. The van der Waals surface area contributed by atoms with Gasteiger partial charge in [0.15, 0.2) is 0 Å². The highest BCUT2D eigenvalue weighted by atomic mass is 16.6. The standard InChI is InChI=1S/C14H26N2O4/c1-5-19-11(17)14(9-15)7-6-8-16(10-14)12(18)20-13(2,3)4/h5-10,15H2,1-4H3. The van der Waals surface area contributed by atoms with Crippen LogP contribution in [0, 0.1) is 5.41 Å². The zero-order chi connectivity index (χ0) is 15.4. The molecule has 1 aliphatic heterocycles. The SMILES string of the molecule is CCOC(=O)C1(CN)CCCN(C(=O)OC(C)(C)C)C1. The molecule has 0 bridgehead atoms. The normalized spacial score (nSPS) is 23.4. The highest BCUT2D eigenvalue weighted by Crippen LogP contribution is 2.31. The Morgan fingerprint density at radius 1 is 1.35 bits per heavy atom. The van der Waals surface area contributed by atoms with E-state index >= 15 is 0 Å². The van der Waals surface area contributed by atoms with Gasteiger partial charge < -0.3 is 20.1 Å². The van der Waals surface area contributed by atoms with Crippen molar-refractivity contribution in [2.24, 2.45) is 11.1 Å². The largest absolute Gasteiger partial charge is 0.465 e. The van der Waals surface area contributed by atoms with Crippen LogP contribution in [0.1, 0.15) is 40.5 Å². The minimum atomic E-state index is -0.800. The first kappa shape index (κ1) is 16.8. The summed E-state index contributed by atoms with van der Waals surface area (Å²) in [5.41, 5.74) is 4.43. The summed E-state index contributed by atoms with van der Waals surface area (Å²) in [5, 5.41) is 0. The van der Waals surface area contributed by atoms with Gasteiger partial charge in [0.2, 0.25) is 0 Å². The summed E-state index contributed by atoms with van der Waals surface area (Å²) in [6.45, 7) is 8.53. The van der Waals surface area contributed by atoms with Crippen LogP contribution in [0.25, 0.3) is 0 Å². The number of hydrogen-bond donors (Lipinski definition) is 1. The number of carbonyl (C=O) groups is 2. The van der Waals surface area contributed by atoms with Crippen LogP contribution in [0.3, 0.4) is 0 Å². The Hall–Kier alpha value is -1.30. The second-order valence-electron chi connectivity index (χ2n) is 6.21. The van der Waals surface area contributed by atoms with Crippen LogP contribution in [0.5, 0.6) is 0 Å². The molecular weight excluding hydrogens is 260 g/mol. The van der Waals surface area contributed by atoms with Crippen molar-refractivity contribution in [1.82, 2.24) is 4.90 Å². The van der Waals surface area contributed by atoms with Crippen molar-refractivity contribution >= 4 is 12.1 Å². The number of rotatable bonds is 3. The fraction of sp³-hybridized carbons (Fsp3) is 0.857. The molecule has 1 fully saturated rings. The van der Waals surface area contributed by atoms with Crippen LogP contribution in [-0.4, -0.2) is 48.8 Å². The van der Waals surface area contributed by atoms with Gasteiger partial charge in [-0.25, -0.2) is 4.79 Å². The molecule has 0 aliphatic carbocycles. The maximum atomic E-state index is 12.1. The smallest absolute Gasteiger partial charge is 0.410 e. The second-order valence-corrected chi connectivity index (χ2v) is 6.21. The third-order valence-electron chi connectivity index (χ3n) is 3.33. The molecule has 0 aromatic carbocycles. The van der Waals surface area contributed by atoms with E-state index in [9.17, 15) is 9.59 Å². The van der Waals surface area contributed by atoms with E-state index in [1.165, 1.54) is 0 Å². The van der Waals surface area contributed by atoms with E-state index < -0.39 is 17.1 Å². The molecule has 1 rings (SSSR count). The number of likely N-dealkylation sites (tertiary alicyclic amines) is 1. The topological polar surface area (TPSA) is 81.9 Å². The summed E-state index contributed by atoms with van der Waals surface area (Å²) in [4.78, 5) is 25.8. The lowest BCUT2D eigenvalue weighted by atomic mass is 9.80. The fourth-order valence-corrected chi connectivity index (χ4v) is 2.31. The van der Waals surface area contributed by atoms with Gasteiger partial charge in [-0.15, -0.1) is 0 Å². The summed E-state index contributed by atoms with van der Waals surface area (Å²) < 4.78 is 10.5. The molecular formula is C14H26N2O4. The van der Waals surface area contributed by atoms with Crippen LogP contribution in [0.4, 0.5) is 4.79 Å². The molecule has 1 unspecified atom stereocenters. The lowest BCUT2D eigenvalue weighted by Gasteiger charge is -2.40. The Kier molecular flexibility index (Phi) is 5.39. The molecule has 116 valence electrons. The van der Waals surface area contributed by atoms with Crippen molar-refractivity contribution in [3.8, 4) is 0 Å². The maximum Gasteiger partial charge on any atom is 0.410 e. The van der Waals surface area contributed by atoms with Gasteiger partial charge >= 0.3 is 12.1 Å². The molecule has 1 amide bonds. The molecule has 0 aromatic rings. The molecule has 1 aliphatic rings. The maximum absolute atomic E-state index is 12.1. The quantitative estimate of drug-likeness (QED) is 0.796. The minimum Gasteiger partial charge on any atom is -0.465 e. The molecule has 1 atom stereocenters. The van der Waals surface area contributed by atoms with Crippen molar-refractivity contribution in [3.63, 3.8) is 0 Å². The van der Waals surface area contributed by atoms with Gasteiger partial charge in [-0.05, 0) is 40.5 Å². The van der Waals surface area contributed by atoms with Crippen LogP contribution >= 0.6 is 0 Å². The zero-order valence-electron chi connectivity index (χ0n) is 12.9. The predicted molar refractivity (Wildman–Crippen MR) is 75.2 cm³/mol. The first-order valence-corrected chi connectivity index (χ1v) is 7.09. The van der Waals surface area contributed by atoms with Crippen molar-refractivity contribution in [2.75, 3.05) is 26.2 Å². The number of piperidine rings is 1. The third kappa shape index (κ3) is 4.10. The van der Waals surface area contributed by atoms with Crippen LogP contribution in [-0.2, 0) is 14.3 Å². The first-order chi connectivity index (χ1) is 9.24. The van der Waals surface area contributed by atoms with Gasteiger partial charge in [-0.2, -0.15) is 0 Å². The lowest BCUT2D eigenvalue weighted by Crippen LogP contribution is -2.54. The summed E-state index contributed by atoms with van der Waals surface area (Å²) in [7, 11) is 0. The average Bonchev–Trinajstić information content (AvgIpc) is 2.37. The van der Waals surface area contributed by atoms with Gasteiger partial charge in [-0.3, -0.25) is 4.79 Å². The monoisotopic (exact) mass is 286 g/mol. The summed E-state index contributed by atoms with van der Waals surface area (Å²) in [6, 6.07) is 0. The van der Waals surface area contributed by atoms with Gasteiger partial charge in [0, 0.05) is 19.6 Å². The summed E-state index contributed by atoms with van der Waals surface area (Å²) >= 11 is 0. The third-order valence-corrected chi connectivity index (χ3v) is 3.33. The number of esters is 1. The van der Waals surface area contributed by atoms with E-state index in [2.05, 4.69) is 0 Å². The fourth-order valence-electron chi connectivity index (χ4n) is 2.31. The van der Waals surface area contributed by atoms with E-state index in [0.29, 0.717) is 19.6 Å². The van der Waals surface area contributed by atoms with Gasteiger partial charge in [0.1, 0.15) is 5.60 Å². The average molecular weight is 286 g/mol. The van der Waals surface area contributed by atoms with Crippen LogP contribution in [0.2, 0.25) is 0 Å². The molecule has 6 nitrogen and oxygen atoms in total. The van der Waals surface area contributed by atoms with E-state index in [4.69, 9.17) is 15.2 Å². The Morgan fingerprint density at radius 2 is 2.00 bits per heavy atom. The number of hydrogen-bond acceptors (Lipinski definition) is 5. The van der Waals surface area contributed by atoms with E-state index in [1.807, 2.05) is 20.8 Å². The molecule has 0 radical (unpaired) electrons. The molecule has 20 heavy (non-hydrogen) atoms.